The van der Waals surface area contributed by atoms with Gasteiger partial charge in [-0.1, -0.05) is 0 Å². The van der Waals surface area contributed by atoms with Crippen molar-refractivity contribution in [1.82, 2.24) is 0 Å². The highest BCUT2D eigenvalue weighted by Crippen LogP contribution is 2.24. The van der Waals surface area contributed by atoms with Crippen molar-refractivity contribution in [3.05, 3.63) is 61.5 Å². The number of methoxy groups -OCH3 is 2. The van der Waals surface area contributed by atoms with Crippen LogP contribution < -0.4 is 5.73 Å². The van der Waals surface area contributed by atoms with Crippen molar-refractivity contribution in [3.8, 4) is 0 Å². The molecule has 0 amide bonds. The maximum absolute atomic E-state index is 13.1. The molecule has 2 N–H and O–H groups in total. The maximum Gasteiger partial charge on any atom is 0.339 e. The Morgan fingerprint density at radius 2 is 1.31 bits per heavy atom. The largest absolute Gasteiger partial charge is 0.465 e. The number of carbonyl (C=O) groups excluding carboxylic acids is 2. The van der Waals surface area contributed by atoms with E-state index in [1.165, 1.54) is 26.4 Å². The van der Waals surface area contributed by atoms with Crippen molar-refractivity contribution in [3.63, 3.8) is 0 Å². The van der Waals surface area contributed by atoms with Gasteiger partial charge in [-0.25, -0.2) is 18.4 Å². The quantitative estimate of drug-likeness (QED) is 0.486. The molecule has 0 fully saturated rings. The molecule has 26 heavy (non-hydrogen) atoms. The number of esters is 2. The van der Waals surface area contributed by atoms with Gasteiger partial charge in [0.2, 0.25) is 0 Å². The van der Waals surface area contributed by atoms with E-state index in [0.29, 0.717) is 5.56 Å². The molecule has 0 aromatic heterocycles. The Kier molecular flexibility index (Phi) is 8.16. The first-order valence-electron chi connectivity index (χ1n) is 6.99. The van der Waals surface area contributed by atoms with Crippen molar-refractivity contribution in [2.75, 3.05) is 20.0 Å². The van der Waals surface area contributed by atoms with Crippen molar-refractivity contribution in [2.24, 2.45) is 0 Å². The first kappa shape index (κ1) is 22.0. The van der Waals surface area contributed by atoms with Crippen LogP contribution in [-0.4, -0.2) is 26.2 Å². The van der Waals surface area contributed by atoms with Crippen molar-refractivity contribution in [2.45, 2.75) is 6.92 Å². The highest BCUT2D eigenvalue weighted by molar-refractivity contribution is 9.10. The molecule has 0 unspecified atom stereocenters. The fraction of sp³-hybridized carbons (Fsp3) is 0.176. The number of anilines is 1. The second-order valence-electron chi connectivity index (χ2n) is 4.96. The molecule has 0 bridgehead atoms. The first-order valence-corrected chi connectivity index (χ1v) is 8.57. The number of aryl methyl sites for hydroxylation is 1. The smallest absolute Gasteiger partial charge is 0.339 e. The number of nitrogen functional groups attached to an aromatic ring is 1. The third kappa shape index (κ3) is 5.50. The van der Waals surface area contributed by atoms with Gasteiger partial charge in [0.25, 0.3) is 0 Å². The zero-order chi connectivity index (χ0) is 20.0. The Balaban J connectivity index is 0.000000260. The Morgan fingerprint density at radius 3 is 1.77 bits per heavy atom. The molecular weight excluding hydrogens is 480 g/mol. The van der Waals surface area contributed by atoms with Gasteiger partial charge in [0.15, 0.2) is 0 Å². The zero-order valence-corrected chi connectivity index (χ0v) is 17.2. The predicted molar refractivity (Wildman–Crippen MR) is 100 cm³/mol. The third-order valence-corrected chi connectivity index (χ3v) is 4.65. The summed E-state index contributed by atoms with van der Waals surface area (Å²) in [4.78, 5) is 22.2. The topological polar surface area (TPSA) is 78.6 Å². The SMILES string of the molecule is COC(=O)c1cc(C)cc(F)c1Br.COC(=O)c1cc(N)cc(F)c1Br. The van der Waals surface area contributed by atoms with E-state index in [2.05, 4.69) is 41.3 Å². The number of rotatable bonds is 2. The molecule has 2 aromatic carbocycles. The van der Waals surface area contributed by atoms with Gasteiger partial charge in [0, 0.05) is 5.69 Å². The number of hydrogen-bond donors (Lipinski definition) is 1. The monoisotopic (exact) mass is 493 g/mol. The summed E-state index contributed by atoms with van der Waals surface area (Å²) in [5, 5.41) is 0. The van der Waals surface area contributed by atoms with E-state index < -0.39 is 23.6 Å². The highest BCUT2D eigenvalue weighted by atomic mass is 79.9. The molecule has 140 valence electrons. The third-order valence-electron chi connectivity index (χ3n) is 3.03. The van der Waals surface area contributed by atoms with Crippen LogP contribution in [0, 0.1) is 18.6 Å². The summed E-state index contributed by atoms with van der Waals surface area (Å²) in [7, 11) is 2.48. The zero-order valence-electron chi connectivity index (χ0n) is 14.0. The Morgan fingerprint density at radius 1 is 0.885 bits per heavy atom. The van der Waals surface area contributed by atoms with Gasteiger partial charge in [-0.15, -0.1) is 0 Å². The number of hydrogen-bond acceptors (Lipinski definition) is 5. The minimum atomic E-state index is -0.627. The van der Waals surface area contributed by atoms with E-state index in [-0.39, 0.29) is 25.8 Å². The van der Waals surface area contributed by atoms with E-state index in [0.717, 1.165) is 6.07 Å². The van der Waals surface area contributed by atoms with E-state index >= 15 is 0 Å². The van der Waals surface area contributed by atoms with Crippen LogP contribution in [0.1, 0.15) is 26.3 Å². The average molecular weight is 495 g/mol. The molecule has 0 radical (unpaired) electrons. The lowest BCUT2D eigenvalue weighted by atomic mass is 10.1. The first-order chi connectivity index (χ1) is 12.1. The summed E-state index contributed by atoms with van der Waals surface area (Å²) < 4.78 is 35.2. The standard InChI is InChI=1S/C9H8BrFO2.C8H7BrFNO2/c1-5-3-6(9(12)13-2)8(10)7(11)4-5;1-13-8(12)5-2-4(11)3-6(10)7(5)9/h3-4H,1-2H3;2-3H,11H2,1H3. The van der Waals surface area contributed by atoms with Crippen LogP contribution in [0.3, 0.4) is 0 Å². The van der Waals surface area contributed by atoms with Crippen molar-refractivity contribution >= 4 is 49.5 Å². The molecule has 0 heterocycles. The van der Waals surface area contributed by atoms with Crippen LogP contribution in [0.25, 0.3) is 0 Å². The van der Waals surface area contributed by atoms with Crippen molar-refractivity contribution in [1.29, 1.82) is 0 Å². The molecule has 0 aliphatic heterocycles. The number of carbonyl (C=O) groups is 2. The lowest BCUT2D eigenvalue weighted by molar-refractivity contribution is 0.0590. The van der Waals surface area contributed by atoms with Crippen molar-refractivity contribution < 1.29 is 27.8 Å². The second-order valence-corrected chi connectivity index (χ2v) is 6.54. The van der Waals surface area contributed by atoms with Crippen LogP contribution in [0.4, 0.5) is 14.5 Å². The molecule has 5 nitrogen and oxygen atoms in total. The van der Waals surface area contributed by atoms with E-state index in [1.54, 1.807) is 13.0 Å². The molecule has 0 atom stereocenters. The van der Waals surface area contributed by atoms with Gasteiger partial charge in [0.05, 0.1) is 34.3 Å². The van der Waals surface area contributed by atoms with Gasteiger partial charge in [-0.2, -0.15) is 0 Å². The highest BCUT2D eigenvalue weighted by Gasteiger charge is 2.15. The maximum atomic E-state index is 13.1. The summed E-state index contributed by atoms with van der Waals surface area (Å²) in [6.45, 7) is 1.71. The van der Waals surface area contributed by atoms with Crippen LogP contribution in [0.2, 0.25) is 0 Å². The van der Waals surface area contributed by atoms with Crippen LogP contribution >= 0.6 is 31.9 Å². The minimum absolute atomic E-state index is 0.0635. The number of ether oxygens (including phenoxy) is 2. The average Bonchev–Trinajstić information content (AvgIpc) is 2.60. The van der Waals surface area contributed by atoms with Crippen LogP contribution in [0.5, 0.6) is 0 Å². The Labute approximate surface area is 165 Å². The van der Waals surface area contributed by atoms with E-state index in [9.17, 15) is 18.4 Å². The molecular formula is C17H15Br2F2NO4. The van der Waals surface area contributed by atoms with Crippen LogP contribution in [0.15, 0.2) is 33.2 Å². The molecule has 2 rings (SSSR count). The molecule has 0 saturated carbocycles. The minimum Gasteiger partial charge on any atom is -0.465 e. The fourth-order valence-electron chi connectivity index (χ4n) is 1.85. The fourth-order valence-corrected chi connectivity index (χ4v) is 2.63. The molecule has 0 aliphatic rings. The summed E-state index contributed by atoms with van der Waals surface area (Å²) >= 11 is 5.90. The lowest BCUT2D eigenvalue weighted by Crippen LogP contribution is -2.04. The van der Waals surface area contributed by atoms with Gasteiger partial charge in [-0.05, 0) is 68.6 Å². The molecule has 0 saturated heterocycles. The summed E-state index contributed by atoms with van der Waals surface area (Å²) in [5.41, 5.74) is 6.51. The Hall–Kier alpha value is -2.00. The molecule has 2 aromatic rings. The molecule has 0 aliphatic carbocycles. The molecule has 0 spiro atoms. The summed E-state index contributed by atoms with van der Waals surface area (Å²) in [5.74, 6) is -2.21. The van der Waals surface area contributed by atoms with Gasteiger partial charge >= 0.3 is 11.9 Å². The van der Waals surface area contributed by atoms with E-state index in [1.807, 2.05) is 0 Å². The van der Waals surface area contributed by atoms with Gasteiger partial charge in [0.1, 0.15) is 11.6 Å². The number of benzene rings is 2. The summed E-state index contributed by atoms with van der Waals surface area (Å²) in [6.07, 6.45) is 0. The predicted octanol–water partition coefficient (Wildman–Crippen LogP) is 4.64. The lowest BCUT2D eigenvalue weighted by Gasteiger charge is -2.04. The normalized spacial score (nSPS) is 9.81. The van der Waals surface area contributed by atoms with E-state index in [4.69, 9.17) is 5.73 Å². The number of nitrogens with two attached hydrogens (primary N) is 1. The second kappa shape index (κ2) is 9.63. The van der Waals surface area contributed by atoms with Gasteiger partial charge in [-0.3, -0.25) is 0 Å². The summed E-state index contributed by atoms with van der Waals surface area (Å²) in [6, 6.07) is 5.38. The Bertz CT molecular complexity index is 774. The molecule has 9 heteroatoms. The number of halogens is 4. The van der Waals surface area contributed by atoms with Crippen LogP contribution in [-0.2, 0) is 9.47 Å². The van der Waals surface area contributed by atoms with Gasteiger partial charge < -0.3 is 15.2 Å².